The van der Waals surface area contributed by atoms with Crippen molar-refractivity contribution in [1.82, 2.24) is 0 Å². The molecule has 2 aromatic rings. The molecule has 0 saturated carbocycles. The summed E-state index contributed by atoms with van der Waals surface area (Å²) >= 11 is 6.13. The van der Waals surface area contributed by atoms with Gasteiger partial charge in [0.05, 0.1) is 0 Å². The first-order chi connectivity index (χ1) is 10.1. The zero-order chi connectivity index (χ0) is 15.2. The van der Waals surface area contributed by atoms with Crippen molar-refractivity contribution in [2.24, 2.45) is 0 Å². The van der Waals surface area contributed by atoms with Gasteiger partial charge in [-0.15, -0.1) is 0 Å². The molecule has 0 amide bonds. The number of halogens is 1. The van der Waals surface area contributed by atoms with Crippen molar-refractivity contribution in [1.29, 1.82) is 0 Å². The van der Waals surface area contributed by atoms with Crippen LogP contribution in [0.5, 0.6) is 0 Å². The molecule has 0 radical (unpaired) electrons. The molecule has 0 aliphatic rings. The Morgan fingerprint density at radius 2 is 1.67 bits per heavy atom. The van der Waals surface area contributed by atoms with Crippen LogP contribution in [0.2, 0.25) is 5.02 Å². The number of nitrogens with one attached hydrogen (secondary N) is 2. The van der Waals surface area contributed by atoms with Gasteiger partial charge < -0.3 is 10.6 Å². The Morgan fingerprint density at radius 3 is 2.43 bits per heavy atom. The zero-order valence-corrected chi connectivity index (χ0v) is 13.7. The average Bonchev–Trinajstić information content (AvgIpc) is 2.48. The quantitative estimate of drug-likeness (QED) is 0.730. The number of aryl methyl sites for hydroxylation is 2. The number of hydrogen-bond donors (Lipinski definition) is 2. The molecule has 2 aromatic carbocycles. The van der Waals surface area contributed by atoms with Crippen LogP contribution in [0.15, 0.2) is 36.4 Å². The van der Waals surface area contributed by atoms with Crippen molar-refractivity contribution < 1.29 is 0 Å². The fourth-order valence-corrected chi connectivity index (χ4v) is 2.63. The summed E-state index contributed by atoms with van der Waals surface area (Å²) in [4.78, 5) is 0. The maximum absolute atomic E-state index is 6.13. The summed E-state index contributed by atoms with van der Waals surface area (Å²) in [6, 6.07) is 12.4. The van der Waals surface area contributed by atoms with E-state index >= 15 is 0 Å². The van der Waals surface area contributed by atoms with Crippen LogP contribution in [-0.4, -0.2) is 13.1 Å². The smallest absolute Gasteiger partial charge is 0.0455 e. The highest BCUT2D eigenvalue weighted by Gasteiger charge is 2.04. The maximum Gasteiger partial charge on any atom is 0.0455 e. The molecular formula is C18H23ClN2. The fourth-order valence-electron chi connectivity index (χ4n) is 2.46. The van der Waals surface area contributed by atoms with E-state index in [4.69, 9.17) is 11.6 Å². The second kappa shape index (κ2) is 7.37. The standard InChI is InChI=1S/C18H23ClN2/c1-4-15-8-5-7-13(2)18(15)21-12-11-20-17-10-6-9-16(19)14(17)3/h5-10,20-21H,4,11-12H2,1-3H3. The molecule has 2 N–H and O–H groups in total. The van der Waals surface area contributed by atoms with Gasteiger partial charge in [-0.25, -0.2) is 0 Å². The Hall–Kier alpha value is -1.67. The van der Waals surface area contributed by atoms with E-state index in [1.807, 2.05) is 19.1 Å². The topological polar surface area (TPSA) is 24.1 Å². The Morgan fingerprint density at radius 1 is 0.952 bits per heavy atom. The van der Waals surface area contributed by atoms with Crippen molar-refractivity contribution in [3.8, 4) is 0 Å². The lowest BCUT2D eigenvalue weighted by molar-refractivity contribution is 1.05. The van der Waals surface area contributed by atoms with Crippen molar-refractivity contribution in [3.63, 3.8) is 0 Å². The van der Waals surface area contributed by atoms with Crippen LogP contribution in [0.3, 0.4) is 0 Å². The van der Waals surface area contributed by atoms with Crippen molar-refractivity contribution in [3.05, 3.63) is 58.1 Å². The highest BCUT2D eigenvalue weighted by molar-refractivity contribution is 6.31. The van der Waals surface area contributed by atoms with Gasteiger partial charge in [0.25, 0.3) is 0 Å². The number of anilines is 2. The second-order valence-electron chi connectivity index (χ2n) is 5.23. The van der Waals surface area contributed by atoms with E-state index in [-0.39, 0.29) is 0 Å². The van der Waals surface area contributed by atoms with E-state index in [1.54, 1.807) is 0 Å². The predicted molar refractivity (Wildman–Crippen MR) is 93.7 cm³/mol. The van der Waals surface area contributed by atoms with Crippen LogP contribution in [-0.2, 0) is 6.42 Å². The number of rotatable bonds is 6. The molecule has 0 bridgehead atoms. The summed E-state index contributed by atoms with van der Waals surface area (Å²) < 4.78 is 0. The molecule has 21 heavy (non-hydrogen) atoms. The molecule has 2 nitrogen and oxygen atoms in total. The highest BCUT2D eigenvalue weighted by atomic mass is 35.5. The second-order valence-corrected chi connectivity index (χ2v) is 5.64. The summed E-state index contributed by atoms with van der Waals surface area (Å²) in [6.07, 6.45) is 1.05. The normalized spacial score (nSPS) is 10.5. The van der Waals surface area contributed by atoms with Gasteiger partial charge in [-0.1, -0.05) is 42.8 Å². The molecule has 0 aliphatic carbocycles. The number of hydrogen-bond acceptors (Lipinski definition) is 2. The van der Waals surface area contributed by atoms with Gasteiger partial charge in [-0.05, 0) is 49.1 Å². The zero-order valence-electron chi connectivity index (χ0n) is 13.0. The van der Waals surface area contributed by atoms with Gasteiger partial charge in [0, 0.05) is 29.5 Å². The minimum atomic E-state index is 0.806. The fraction of sp³-hybridized carbons (Fsp3) is 0.333. The van der Waals surface area contributed by atoms with Gasteiger partial charge in [-0.3, -0.25) is 0 Å². The van der Waals surface area contributed by atoms with Crippen molar-refractivity contribution in [2.45, 2.75) is 27.2 Å². The summed E-state index contributed by atoms with van der Waals surface area (Å²) in [5.74, 6) is 0. The van der Waals surface area contributed by atoms with Crippen LogP contribution < -0.4 is 10.6 Å². The molecule has 0 fully saturated rings. The van der Waals surface area contributed by atoms with E-state index in [0.29, 0.717) is 0 Å². The number of para-hydroxylation sites is 1. The third-order valence-corrected chi connectivity index (χ3v) is 4.16. The lowest BCUT2D eigenvalue weighted by atomic mass is 10.1. The van der Waals surface area contributed by atoms with Crippen molar-refractivity contribution >= 4 is 23.0 Å². The molecule has 0 aliphatic heterocycles. The monoisotopic (exact) mass is 302 g/mol. The van der Waals surface area contributed by atoms with E-state index in [1.165, 1.54) is 16.8 Å². The Labute approximate surface area is 132 Å². The molecule has 112 valence electrons. The van der Waals surface area contributed by atoms with Crippen LogP contribution in [0.25, 0.3) is 0 Å². The van der Waals surface area contributed by atoms with E-state index in [9.17, 15) is 0 Å². The van der Waals surface area contributed by atoms with Gasteiger partial charge >= 0.3 is 0 Å². The van der Waals surface area contributed by atoms with E-state index < -0.39 is 0 Å². The van der Waals surface area contributed by atoms with Gasteiger partial charge in [0.1, 0.15) is 0 Å². The van der Waals surface area contributed by atoms with Crippen LogP contribution in [0.1, 0.15) is 23.6 Å². The largest absolute Gasteiger partial charge is 0.383 e. The van der Waals surface area contributed by atoms with Gasteiger partial charge in [0.2, 0.25) is 0 Å². The number of benzene rings is 2. The molecule has 0 saturated heterocycles. The summed E-state index contributed by atoms with van der Waals surface area (Å²) in [5.41, 5.74) is 6.14. The first-order valence-corrected chi connectivity index (χ1v) is 7.82. The lowest BCUT2D eigenvalue weighted by Crippen LogP contribution is -2.15. The first-order valence-electron chi connectivity index (χ1n) is 7.44. The maximum atomic E-state index is 6.13. The van der Waals surface area contributed by atoms with Crippen molar-refractivity contribution in [2.75, 3.05) is 23.7 Å². The van der Waals surface area contributed by atoms with Gasteiger partial charge in [-0.2, -0.15) is 0 Å². The predicted octanol–water partition coefficient (Wildman–Crippen LogP) is 5.04. The summed E-state index contributed by atoms with van der Waals surface area (Å²) in [6.45, 7) is 8.11. The average molecular weight is 303 g/mol. The van der Waals surface area contributed by atoms with E-state index in [0.717, 1.165) is 35.8 Å². The molecule has 2 rings (SSSR count). The SMILES string of the molecule is CCc1cccc(C)c1NCCNc1cccc(Cl)c1C. The molecular weight excluding hydrogens is 280 g/mol. The lowest BCUT2D eigenvalue weighted by Gasteiger charge is -2.15. The molecule has 0 atom stereocenters. The molecule has 0 unspecified atom stereocenters. The van der Waals surface area contributed by atoms with Gasteiger partial charge in [0.15, 0.2) is 0 Å². The molecule has 0 aromatic heterocycles. The Bertz CT molecular complexity index is 608. The highest BCUT2D eigenvalue weighted by Crippen LogP contribution is 2.23. The molecule has 0 spiro atoms. The third kappa shape index (κ3) is 3.92. The summed E-state index contributed by atoms with van der Waals surface area (Å²) in [5, 5.41) is 7.78. The Kier molecular flexibility index (Phi) is 5.51. The minimum absolute atomic E-state index is 0.806. The van der Waals surface area contributed by atoms with E-state index in [2.05, 4.69) is 48.7 Å². The van der Waals surface area contributed by atoms with Crippen LogP contribution >= 0.6 is 11.6 Å². The third-order valence-electron chi connectivity index (χ3n) is 3.75. The summed E-state index contributed by atoms with van der Waals surface area (Å²) in [7, 11) is 0. The minimum Gasteiger partial charge on any atom is -0.383 e. The molecule has 3 heteroatoms. The van der Waals surface area contributed by atoms with Crippen LogP contribution in [0, 0.1) is 13.8 Å². The van der Waals surface area contributed by atoms with Crippen LogP contribution in [0.4, 0.5) is 11.4 Å². The first kappa shape index (κ1) is 15.7. The Balaban J connectivity index is 1.92. The molecule has 0 heterocycles.